The average Bonchev–Trinajstić information content (AvgIpc) is 2.36. The van der Waals surface area contributed by atoms with Crippen molar-refractivity contribution in [3.05, 3.63) is 56.5 Å². The van der Waals surface area contributed by atoms with Crippen molar-refractivity contribution in [3.63, 3.8) is 0 Å². The summed E-state index contributed by atoms with van der Waals surface area (Å²) < 4.78 is 0.839. The van der Waals surface area contributed by atoms with Gasteiger partial charge in [0.2, 0.25) is 0 Å². The standard InChI is InChI=1S/C13H9BrCl2N2O/c14-8-2-4-12(10(16)6-8)18-13(19)7-1-3-11(17)9(15)5-7/h1-6H,17H2,(H,18,19). The number of anilines is 2. The first-order chi connectivity index (χ1) is 8.97. The third kappa shape index (κ3) is 3.41. The van der Waals surface area contributed by atoms with Gasteiger partial charge in [0.25, 0.3) is 5.91 Å². The minimum Gasteiger partial charge on any atom is -0.398 e. The van der Waals surface area contributed by atoms with Gasteiger partial charge in [-0.1, -0.05) is 39.1 Å². The van der Waals surface area contributed by atoms with Crippen LogP contribution in [0.25, 0.3) is 0 Å². The normalized spacial score (nSPS) is 10.3. The number of nitrogens with two attached hydrogens (primary N) is 1. The van der Waals surface area contributed by atoms with E-state index in [0.29, 0.717) is 27.0 Å². The van der Waals surface area contributed by atoms with Crippen molar-refractivity contribution in [1.29, 1.82) is 0 Å². The van der Waals surface area contributed by atoms with Crippen LogP contribution in [0.15, 0.2) is 40.9 Å². The highest BCUT2D eigenvalue weighted by molar-refractivity contribution is 9.10. The Morgan fingerprint density at radius 2 is 1.84 bits per heavy atom. The van der Waals surface area contributed by atoms with Crippen molar-refractivity contribution in [2.45, 2.75) is 0 Å². The molecule has 19 heavy (non-hydrogen) atoms. The van der Waals surface area contributed by atoms with E-state index in [-0.39, 0.29) is 5.91 Å². The molecule has 3 nitrogen and oxygen atoms in total. The number of carbonyl (C=O) groups excluding carboxylic acids is 1. The van der Waals surface area contributed by atoms with E-state index in [1.165, 1.54) is 6.07 Å². The van der Waals surface area contributed by atoms with Crippen LogP contribution in [0, 0.1) is 0 Å². The summed E-state index contributed by atoms with van der Waals surface area (Å²) >= 11 is 15.2. The number of benzene rings is 2. The third-order valence-corrected chi connectivity index (χ3v) is 3.58. The molecule has 0 fully saturated rings. The fraction of sp³-hybridized carbons (Fsp3) is 0. The molecule has 0 saturated carbocycles. The molecule has 0 spiro atoms. The molecular weight excluding hydrogens is 351 g/mol. The number of halogens is 3. The molecule has 3 N–H and O–H groups in total. The second-order valence-electron chi connectivity index (χ2n) is 3.81. The molecule has 0 saturated heterocycles. The lowest BCUT2D eigenvalue weighted by atomic mass is 10.2. The monoisotopic (exact) mass is 358 g/mol. The van der Waals surface area contributed by atoms with Crippen molar-refractivity contribution in [1.82, 2.24) is 0 Å². The highest BCUT2D eigenvalue weighted by Crippen LogP contribution is 2.26. The molecule has 2 aromatic carbocycles. The van der Waals surface area contributed by atoms with E-state index < -0.39 is 0 Å². The van der Waals surface area contributed by atoms with E-state index in [0.717, 1.165) is 4.47 Å². The van der Waals surface area contributed by atoms with E-state index >= 15 is 0 Å². The van der Waals surface area contributed by atoms with Gasteiger partial charge < -0.3 is 11.1 Å². The number of carbonyl (C=O) groups is 1. The van der Waals surface area contributed by atoms with Crippen LogP contribution < -0.4 is 11.1 Å². The Morgan fingerprint density at radius 1 is 1.11 bits per heavy atom. The van der Waals surface area contributed by atoms with Gasteiger partial charge in [0, 0.05) is 10.0 Å². The van der Waals surface area contributed by atoms with Gasteiger partial charge in [0.05, 0.1) is 21.4 Å². The number of amides is 1. The molecule has 6 heteroatoms. The molecule has 0 atom stereocenters. The van der Waals surface area contributed by atoms with Crippen LogP contribution in [0.5, 0.6) is 0 Å². The number of nitrogen functional groups attached to an aromatic ring is 1. The molecule has 98 valence electrons. The summed E-state index contributed by atoms with van der Waals surface area (Å²) in [5.41, 5.74) is 6.97. The lowest BCUT2D eigenvalue weighted by Gasteiger charge is -2.08. The summed E-state index contributed by atoms with van der Waals surface area (Å²) in [6.07, 6.45) is 0. The van der Waals surface area contributed by atoms with Crippen molar-refractivity contribution >= 4 is 56.4 Å². The maximum Gasteiger partial charge on any atom is 0.255 e. The van der Waals surface area contributed by atoms with Crippen LogP contribution in [-0.4, -0.2) is 5.91 Å². The maximum atomic E-state index is 12.0. The summed E-state index contributed by atoms with van der Waals surface area (Å²) in [6, 6.07) is 9.90. The minimum atomic E-state index is -0.300. The van der Waals surface area contributed by atoms with Crippen LogP contribution in [-0.2, 0) is 0 Å². The summed E-state index contributed by atoms with van der Waals surface area (Å²) in [4.78, 5) is 12.0. The van der Waals surface area contributed by atoms with Gasteiger partial charge in [-0.15, -0.1) is 0 Å². The Kier molecular flexibility index (Phi) is 4.34. The van der Waals surface area contributed by atoms with E-state index in [1.807, 2.05) is 0 Å². The van der Waals surface area contributed by atoms with Crippen molar-refractivity contribution in [2.75, 3.05) is 11.1 Å². The van der Waals surface area contributed by atoms with Gasteiger partial charge in [0.15, 0.2) is 0 Å². The lowest BCUT2D eigenvalue weighted by molar-refractivity contribution is 0.102. The molecule has 0 aliphatic carbocycles. The minimum absolute atomic E-state index is 0.300. The van der Waals surface area contributed by atoms with Crippen molar-refractivity contribution in [2.24, 2.45) is 0 Å². The first-order valence-electron chi connectivity index (χ1n) is 5.29. The molecule has 0 radical (unpaired) electrons. The Labute approximate surface area is 128 Å². The van der Waals surface area contributed by atoms with Crippen molar-refractivity contribution in [3.8, 4) is 0 Å². The van der Waals surface area contributed by atoms with Gasteiger partial charge in [-0.25, -0.2) is 0 Å². The fourth-order valence-electron chi connectivity index (χ4n) is 1.45. The number of rotatable bonds is 2. The summed E-state index contributed by atoms with van der Waals surface area (Å²) in [6.45, 7) is 0. The Balaban J connectivity index is 2.23. The Bertz CT molecular complexity index is 647. The highest BCUT2D eigenvalue weighted by Gasteiger charge is 2.10. The predicted molar refractivity (Wildman–Crippen MR) is 83.0 cm³/mol. The van der Waals surface area contributed by atoms with Crippen LogP contribution >= 0.6 is 39.1 Å². The first kappa shape index (κ1) is 14.2. The van der Waals surface area contributed by atoms with Crippen LogP contribution in [0.2, 0.25) is 10.0 Å². The summed E-state index contributed by atoms with van der Waals surface area (Å²) in [5.74, 6) is -0.300. The molecule has 0 aliphatic heterocycles. The van der Waals surface area contributed by atoms with E-state index in [2.05, 4.69) is 21.2 Å². The first-order valence-corrected chi connectivity index (χ1v) is 6.83. The van der Waals surface area contributed by atoms with Crippen LogP contribution in [0.4, 0.5) is 11.4 Å². The second kappa shape index (κ2) is 5.82. The van der Waals surface area contributed by atoms with Gasteiger partial charge in [-0.2, -0.15) is 0 Å². The van der Waals surface area contributed by atoms with E-state index in [9.17, 15) is 4.79 Å². The van der Waals surface area contributed by atoms with Gasteiger partial charge in [-0.3, -0.25) is 4.79 Å². The molecule has 2 aromatic rings. The molecule has 0 bridgehead atoms. The number of hydrogen-bond donors (Lipinski definition) is 2. The predicted octanol–water partition coefficient (Wildman–Crippen LogP) is 4.59. The average molecular weight is 360 g/mol. The molecule has 0 aliphatic rings. The van der Waals surface area contributed by atoms with Gasteiger partial charge in [0.1, 0.15) is 0 Å². The van der Waals surface area contributed by atoms with Crippen LogP contribution in [0.3, 0.4) is 0 Å². The quantitative estimate of drug-likeness (QED) is 0.770. The third-order valence-electron chi connectivity index (χ3n) is 2.44. The molecule has 0 heterocycles. The zero-order chi connectivity index (χ0) is 14.0. The second-order valence-corrected chi connectivity index (χ2v) is 5.54. The zero-order valence-electron chi connectivity index (χ0n) is 9.58. The molecule has 2 rings (SSSR count). The zero-order valence-corrected chi connectivity index (χ0v) is 12.7. The summed E-state index contributed by atoms with van der Waals surface area (Å²) in [7, 11) is 0. The highest BCUT2D eigenvalue weighted by atomic mass is 79.9. The topological polar surface area (TPSA) is 55.1 Å². The molecular formula is C13H9BrCl2N2O. The fourth-order valence-corrected chi connectivity index (χ4v) is 2.35. The van der Waals surface area contributed by atoms with Crippen molar-refractivity contribution < 1.29 is 4.79 Å². The van der Waals surface area contributed by atoms with Gasteiger partial charge >= 0.3 is 0 Å². The molecule has 0 unspecified atom stereocenters. The number of hydrogen-bond acceptors (Lipinski definition) is 2. The Morgan fingerprint density at radius 3 is 2.47 bits per heavy atom. The Hall–Kier alpha value is -1.23. The van der Waals surface area contributed by atoms with Crippen LogP contribution in [0.1, 0.15) is 10.4 Å². The largest absolute Gasteiger partial charge is 0.398 e. The smallest absolute Gasteiger partial charge is 0.255 e. The molecule has 1 amide bonds. The SMILES string of the molecule is Nc1ccc(C(=O)Nc2ccc(Br)cc2Cl)cc1Cl. The van der Waals surface area contributed by atoms with E-state index in [4.69, 9.17) is 28.9 Å². The lowest BCUT2D eigenvalue weighted by Crippen LogP contribution is -2.12. The molecule has 0 aromatic heterocycles. The van der Waals surface area contributed by atoms with E-state index in [1.54, 1.807) is 30.3 Å². The van der Waals surface area contributed by atoms with Gasteiger partial charge in [-0.05, 0) is 36.4 Å². The number of nitrogens with one attached hydrogen (secondary N) is 1. The maximum absolute atomic E-state index is 12.0. The summed E-state index contributed by atoms with van der Waals surface area (Å²) in [5, 5.41) is 3.50.